The molecule has 0 saturated carbocycles. The van der Waals surface area contributed by atoms with Crippen LogP contribution in [0.3, 0.4) is 0 Å². The van der Waals surface area contributed by atoms with Gasteiger partial charge in [0.05, 0.1) is 8.45 Å². The second kappa shape index (κ2) is 7.08. The number of nitrogens with zero attached hydrogens (tertiary/aromatic N) is 1. The van der Waals surface area contributed by atoms with Gasteiger partial charge in [-0.25, -0.2) is 0 Å². The van der Waals surface area contributed by atoms with Gasteiger partial charge >= 0.3 is 0 Å². The van der Waals surface area contributed by atoms with Crippen LogP contribution in [0.15, 0.2) is 35.7 Å². The number of halogens is 1. The Hall–Kier alpha value is -1.08. The molecule has 0 atom stereocenters. The molecule has 0 aliphatic rings. The van der Waals surface area contributed by atoms with E-state index in [4.69, 9.17) is 5.73 Å². The third-order valence-electron chi connectivity index (χ3n) is 2.95. The first-order valence-electron chi connectivity index (χ1n) is 6.48. The lowest BCUT2D eigenvalue weighted by Crippen LogP contribution is -2.31. The summed E-state index contributed by atoms with van der Waals surface area (Å²) in [6.45, 7) is 3.47. The molecule has 1 aromatic carbocycles. The van der Waals surface area contributed by atoms with E-state index in [2.05, 4.69) is 29.5 Å². The van der Waals surface area contributed by atoms with Gasteiger partial charge in [0.15, 0.2) is 0 Å². The SMILES string of the molecule is CCCN(Cc1ccc(N)cc1)C(=O)c1csc(I)c1. The summed E-state index contributed by atoms with van der Waals surface area (Å²) in [5.41, 5.74) is 8.32. The van der Waals surface area contributed by atoms with Gasteiger partial charge in [0, 0.05) is 24.2 Å². The molecular formula is C15H17IN2OS. The Balaban J connectivity index is 2.14. The van der Waals surface area contributed by atoms with Crippen LogP contribution in [-0.4, -0.2) is 17.4 Å². The second-order valence-corrected chi connectivity index (χ2v) is 7.41. The van der Waals surface area contributed by atoms with Gasteiger partial charge in [-0.2, -0.15) is 0 Å². The van der Waals surface area contributed by atoms with Gasteiger partial charge in [0.1, 0.15) is 0 Å². The van der Waals surface area contributed by atoms with Crippen LogP contribution < -0.4 is 5.73 Å². The highest BCUT2D eigenvalue weighted by molar-refractivity contribution is 14.1. The minimum Gasteiger partial charge on any atom is -0.399 e. The van der Waals surface area contributed by atoms with Crippen LogP contribution in [-0.2, 0) is 6.54 Å². The first-order valence-corrected chi connectivity index (χ1v) is 8.43. The molecule has 0 bridgehead atoms. The van der Waals surface area contributed by atoms with Gasteiger partial charge in [0.2, 0.25) is 0 Å². The molecule has 5 heteroatoms. The monoisotopic (exact) mass is 400 g/mol. The number of nitrogens with two attached hydrogens (primary N) is 1. The zero-order valence-electron chi connectivity index (χ0n) is 11.3. The molecule has 0 unspecified atom stereocenters. The van der Waals surface area contributed by atoms with Crippen molar-refractivity contribution in [2.45, 2.75) is 19.9 Å². The van der Waals surface area contributed by atoms with Gasteiger partial charge in [-0.05, 0) is 52.8 Å². The minimum atomic E-state index is 0.0999. The Kier molecular flexibility index (Phi) is 5.42. The van der Waals surface area contributed by atoms with E-state index >= 15 is 0 Å². The highest BCUT2D eigenvalue weighted by Crippen LogP contribution is 2.19. The molecule has 1 amide bonds. The lowest BCUT2D eigenvalue weighted by molar-refractivity contribution is 0.0743. The predicted molar refractivity (Wildman–Crippen MR) is 92.9 cm³/mol. The van der Waals surface area contributed by atoms with Gasteiger partial charge in [-0.3, -0.25) is 4.79 Å². The molecule has 2 N–H and O–H groups in total. The van der Waals surface area contributed by atoms with Crippen molar-refractivity contribution in [3.8, 4) is 0 Å². The quantitative estimate of drug-likeness (QED) is 0.610. The maximum Gasteiger partial charge on any atom is 0.255 e. The van der Waals surface area contributed by atoms with Crippen LogP contribution in [0.25, 0.3) is 0 Å². The number of hydrogen-bond donors (Lipinski definition) is 1. The molecular weight excluding hydrogens is 383 g/mol. The van der Waals surface area contributed by atoms with Crippen molar-refractivity contribution in [1.82, 2.24) is 4.90 Å². The third kappa shape index (κ3) is 3.96. The van der Waals surface area contributed by atoms with E-state index in [9.17, 15) is 4.79 Å². The molecule has 106 valence electrons. The molecule has 0 radical (unpaired) electrons. The molecule has 0 fully saturated rings. The Morgan fingerprint density at radius 2 is 2.05 bits per heavy atom. The number of benzene rings is 1. The summed E-state index contributed by atoms with van der Waals surface area (Å²) in [4.78, 5) is 14.4. The lowest BCUT2D eigenvalue weighted by Gasteiger charge is -2.22. The minimum absolute atomic E-state index is 0.0999. The summed E-state index contributed by atoms with van der Waals surface area (Å²) in [5, 5.41) is 1.93. The molecule has 20 heavy (non-hydrogen) atoms. The van der Waals surface area contributed by atoms with E-state index in [1.807, 2.05) is 40.6 Å². The number of amides is 1. The van der Waals surface area contributed by atoms with Gasteiger partial charge in [0.25, 0.3) is 5.91 Å². The van der Waals surface area contributed by atoms with E-state index in [1.54, 1.807) is 11.3 Å². The smallest absolute Gasteiger partial charge is 0.255 e. The number of anilines is 1. The Morgan fingerprint density at radius 1 is 1.35 bits per heavy atom. The topological polar surface area (TPSA) is 46.3 Å². The zero-order valence-corrected chi connectivity index (χ0v) is 14.3. The molecule has 0 spiro atoms. The molecule has 0 aliphatic heterocycles. The first-order chi connectivity index (χ1) is 9.60. The van der Waals surface area contributed by atoms with Gasteiger partial charge in [-0.15, -0.1) is 11.3 Å². The maximum absolute atomic E-state index is 12.5. The number of carbonyl (C=O) groups excluding carboxylic acids is 1. The molecule has 0 aliphatic carbocycles. The van der Waals surface area contributed by atoms with Crippen molar-refractivity contribution in [2.75, 3.05) is 12.3 Å². The fourth-order valence-corrected chi connectivity index (χ4v) is 3.29. The Morgan fingerprint density at radius 3 is 2.60 bits per heavy atom. The lowest BCUT2D eigenvalue weighted by atomic mass is 10.1. The van der Waals surface area contributed by atoms with Crippen LogP contribution in [0, 0.1) is 2.88 Å². The Bertz CT molecular complexity index is 580. The molecule has 0 saturated heterocycles. The summed E-state index contributed by atoms with van der Waals surface area (Å²) in [6.07, 6.45) is 0.946. The summed E-state index contributed by atoms with van der Waals surface area (Å²) >= 11 is 3.84. The van der Waals surface area contributed by atoms with Crippen molar-refractivity contribution in [3.63, 3.8) is 0 Å². The van der Waals surface area contributed by atoms with Crippen molar-refractivity contribution >= 4 is 45.5 Å². The first kappa shape index (κ1) is 15.3. The summed E-state index contributed by atoms with van der Waals surface area (Å²) in [6, 6.07) is 9.64. The summed E-state index contributed by atoms with van der Waals surface area (Å²) in [5.74, 6) is 0.0999. The number of hydrogen-bond acceptors (Lipinski definition) is 3. The molecule has 1 aromatic heterocycles. The fraction of sp³-hybridized carbons (Fsp3) is 0.267. The summed E-state index contributed by atoms with van der Waals surface area (Å²) in [7, 11) is 0. The highest BCUT2D eigenvalue weighted by atomic mass is 127. The van der Waals surface area contributed by atoms with Crippen LogP contribution in [0.4, 0.5) is 5.69 Å². The standard InChI is InChI=1S/C15H17IN2OS/c1-2-7-18(9-11-3-5-13(17)6-4-11)15(19)12-8-14(16)20-10-12/h3-6,8,10H,2,7,9,17H2,1H3. The summed E-state index contributed by atoms with van der Waals surface area (Å²) < 4.78 is 1.13. The van der Waals surface area contributed by atoms with E-state index < -0.39 is 0 Å². The number of carbonyl (C=O) groups is 1. The number of nitrogen functional groups attached to an aromatic ring is 1. The van der Waals surface area contributed by atoms with Crippen molar-refractivity contribution in [1.29, 1.82) is 0 Å². The molecule has 1 heterocycles. The third-order valence-corrected chi connectivity index (χ3v) is 4.74. The largest absolute Gasteiger partial charge is 0.399 e. The zero-order chi connectivity index (χ0) is 14.5. The van der Waals surface area contributed by atoms with Crippen LogP contribution in [0.5, 0.6) is 0 Å². The average molecular weight is 400 g/mol. The van der Waals surface area contributed by atoms with Crippen molar-refractivity contribution < 1.29 is 4.79 Å². The van der Waals surface area contributed by atoms with Crippen molar-refractivity contribution in [2.24, 2.45) is 0 Å². The average Bonchev–Trinajstić information content (AvgIpc) is 2.86. The van der Waals surface area contributed by atoms with Gasteiger partial charge in [-0.1, -0.05) is 19.1 Å². The van der Waals surface area contributed by atoms with Crippen molar-refractivity contribution in [3.05, 3.63) is 49.7 Å². The number of thiophene rings is 1. The second-order valence-electron chi connectivity index (χ2n) is 4.61. The fourth-order valence-electron chi connectivity index (χ4n) is 1.97. The van der Waals surface area contributed by atoms with E-state index in [0.29, 0.717) is 6.54 Å². The molecule has 3 nitrogen and oxygen atoms in total. The van der Waals surface area contributed by atoms with E-state index in [1.165, 1.54) is 0 Å². The highest BCUT2D eigenvalue weighted by Gasteiger charge is 2.16. The maximum atomic E-state index is 12.5. The van der Waals surface area contributed by atoms with E-state index in [-0.39, 0.29) is 5.91 Å². The molecule has 2 rings (SSSR count). The molecule has 2 aromatic rings. The van der Waals surface area contributed by atoms with Crippen LogP contribution in [0.2, 0.25) is 0 Å². The Labute approximate surface area is 136 Å². The van der Waals surface area contributed by atoms with E-state index in [0.717, 1.165) is 32.7 Å². The van der Waals surface area contributed by atoms with Gasteiger partial charge < -0.3 is 10.6 Å². The predicted octanol–water partition coefficient (Wildman–Crippen LogP) is 3.99. The van der Waals surface area contributed by atoms with Crippen LogP contribution >= 0.6 is 33.9 Å². The van der Waals surface area contributed by atoms with Crippen LogP contribution in [0.1, 0.15) is 29.3 Å². The normalized spacial score (nSPS) is 10.5. The number of rotatable bonds is 5.